The van der Waals surface area contributed by atoms with E-state index in [1.54, 1.807) is 6.08 Å². The molecule has 4 N–H and O–H groups in total. The van der Waals surface area contributed by atoms with Gasteiger partial charge in [0.1, 0.15) is 0 Å². The van der Waals surface area contributed by atoms with Gasteiger partial charge in [0.05, 0.1) is 0 Å². The quantitative estimate of drug-likeness (QED) is 0.464. The second kappa shape index (κ2) is 2.29. The molecule has 0 unspecified atom stereocenters. The number of allylic oxidation sites excluding steroid dienone is 1. The predicted molar refractivity (Wildman–Crippen MR) is 31.3 cm³/mol. The molecule has 7 heavy (non-hydrogen) atoms. The van der Waals surface area contributed by atoms with E-state index in [0.717, 1.165) is 0 Å². The van der Waals surface area contributed by atoms with Gasteiger partial charge in [-0.3, -0.25) is 0 Å². The highest BCUT2D eigenvalue weighted by atomic mass is 14.7. The lowest BCUT2D eigenvalue weighted by atomic mass is 10.3. The van der Waals surface area contributed by atoms with E-state index < -0.39 is 0 Å². The summed E-state index contributed by atoms with van der Waals surface area (Å²) in [5.41, 5.74) is 11.4. The largest absolute Gasteiger partial charge is 0.398 e. The summed E-state index contributed by atoms with van der Waals surface area (Å²) in [6.07, 6.45) is 1.71. The van der Waals surface area contributed by atoms with E-state index in [1.807, 2.05) is 6.92 Å². The van der Waals surface area contributed by atoms with Gasteiger partial charge in [-0.05, 0) is 6.92 Å². The summed E-state index contributed by atoms with van der Waals surface area (Å²) in [6, 6.07) is 0. The first-order chi connectivity index (χ1) is 3.18. The first-order valence-electron chi connectivity index (χ1n) is 2.05. The van der Waals surface area contributed by atoms with Gasteiger partial charge < -0.3 is 11.5 Å². The minimum Gasteiger partial charge on any atom is -0.398 e. The molecular formula is C5H10N2. The van der Waals surface area contributed by atoms with Crippen LogP contribution in [-0.2, 0) is 0 Å². The highest BCUT2D eigenvalue weighted by Crippen LogP contribution is 1.87. The van der Waals surface area contributed by atoms with Crippen LogP contribution in [0.2, 0.25) is 0 Å². The molecule has 0 spiro atoms. The van der Waals surface area contributed by atoms with E-state index in [-0.39, 0.29) is 0 Å². The van der Waals surface area contributed by atoms with Gasteiger partial charge in [0, 0.05) is 11.4 Å². The Kier molecular flexibility index (Phi) is 1.99. The molecule has 0 saturated carbocycles. The highest BCUT2D eigenvalue weighted by molar-refractivity contribution is 5.20. The zero-order valence-electron chi connectivity index (χ0n) is 4.44. The number of hydrogen-bond donors (Lipinski definition) is 2. The summed E-state index contributed by atoms with van der Waals surface area (Å²) >= 11 is 0. The fraction of sp³-hybridized carbons (Fsp3) is 0.200. The molecular weight excluding hydrogens is 88.1 g/mol. The van der Waals surface area contributed by atoms with Gasteiger partial charge >= 0.3 is 0 Å². The second-order valence-electron chi connectivity index (χ2n) is 1.27. The molecule has 0 amide bonds. The second-order valence-corrected chi connectivity index (χ2v) is 1.27. The van der Waals surface area contributed by atoms with Gasteiger partial charge in [-0.25, -0.2) is 0 Å². The third kappa shape index (κ3) is 1.87. The van der Waals surface area contributed by atoms with E-state index in [0.29, 0.717) is 11.4 Å². The summed E-state index contributed by atoms with van der Waals surface area (Å²) < 4.78 is 0. The van der Waals surface area contributed by atoms with E-state index in [4.69, 9.17) is 11.5 Å². The first kappa shape index (κ1) is 6.08. The van der Waals surface area contributed by atoms with Crippen molar-refractivity contribution in [2.75, 3.05) is 0 Å². The fourth-order valence-electron chi connectivity index (χ4n) is 0.185. The van der Waals surface area contributed by atoms with Crippen molar-refractivity contribution in [1.29, 1.82) is 0 Å². The Hall–Kier alpha value is -0.920. The lowest BCUT2D eigenvalue weighted by Gasteiger charge is -1.93. The molecule has 0 rings (SSSR count). The van der Waals surface area contributed by atoms with Crippen LogP contribution in [0.3, 0.4) is 0 Å². The maximum atomic E-state index is 5.25. The molecule has 0 bridgehead atoms. The van der Waals surface area contributed by atoms with E-state index in [2.05, 4.69) is 6.58 Å². The maximum Gasteiger partial charge on any atom is 0.0498 e. The van der Waals surface area contributed by atoms with Crippen molar-refractivity contribution in [3.05, 3.63) is 24.0 Å². The molecule has 0 heterocycles. The zero-order chi connectivity index (χ0) is 5.86. The Balaban J connectivity index is 3.82. The van der Waals surface area contributed by atoms with E-state index in [9.17, 15) is 0 Å². The van der Waals surface area contributed by atoms with Crippen molar-refractivity contribution in [2.45, 2.75) is 6.92 Å². The molecule has 0 saturated heterocycles. The van der Waals surface area contributed by atoms with Crippen molar-refractivity contribution in [2.24, 2.45) is 11.5 Å². The summed E-state index contributed by atoms with van der Waals surface area (Å²) in [7, 11) is 0. The van der Waals surface area contributed by atoms with Gasteiger partial charge in [-0.1, -0.05) is 12.7 Å². The summed E-state index contributed by atoms with van der Waals surface area (Å²) in [5, 5.41) is 0. The van der Waals surface area contributed by atoms with E-state index >= 15 is 0 Å². The molecule has 0 aliphatic rings. The monoisotopic (exact) mass is 98.1 g/mol. The third-order valence-electron chi connectivity index (χ3n) is 0.682. The lowest BCUT2D eigenvalue weighted by Crippen LogP contribution is -2.06. The molecule has 0 aromatic heterocycles. The predicted octanol–water partition coefficient (Wildman–Crippen LogP) is 0.321. The third-order valence-corrected chi connectivity index (χ3v) is 0.682. The number of nitrogens with two attached hydrogens (primary N) is 2. The Morgan fingerprint density at radius 2 is 2.00 bits per heavy atom. The average Bonchev–Trinajstić information content (AvgIpc) is 1.65. The summed E-state index contributed by atoms with van der Waals surface area (Å²) in [4.78, 5) is 0. The van der Waals surface area contributed by atoms with Crippen molar-refractivity contribution < 1.29 is 0 Å². The van der Waals surface area contributed by atoms with Crippen LogP contribution in [0.15, 0.2) is 24.0 Å². The minimum atomic E-state index is 0.433. The van der Waals surface area contributed by atoms with Crippen molar-refractivity contribution in [3.63, 3.8) is 0 Å². The van der Waals surface area contributed by atoms with Crippen molar-refractivity contribution in [3.8, 4) is 0 Å². The topological polar surface area (TPSA) is 52.0 Å². The Morgan fingerprint density at radius 1 is 1.57 bits per heavy atom. The average molecular weight is 98.1 g/mol. The van der Waals surface area contributed by atoms with Gasteiger partial charge in [0.2, 0.25) is 0 Å². The standard InChI is InChI=1S/C5H10N2/c1-3-5(7)4(2)6/h3H,2,6-7H2,1H3/b5-3+. The molecule has 0 aliphatic carbocycles. The Bertz CT molecular complexity index is 103. The van der Waals surface area contributed by atoms with Crippen molar-refractivity contribution in [1.82, 2.24) is 0 Å². The number of rotatable bonds is 1. The van der Waals surface area contributed by atoms with Crippen LogP contribution in [0.4, 0.5) is 0 Å². The zero-order valence-corrected chi connectivity index (χ0v) is 4.44. The van der Waals surface area contributed by atoms with Crippen LogP contribution in [0, 0.1) is 0 Å². The first-order valence-corrected chi connectivity index (χ1v) is 2.05. The SMILES string of the molecule is C=C(N)/C(N)=C\C. The van der Waals surface area contributed by atoms with Gasteiger partial charge in [-0.2, -0.15) is 0 Å². The van der Waals surface area contributed by atoms with Crippen LogP contribution in [0.25, 0.3) is 0 Å². The Labute approximate surface area is 43.5 Å². The summed E-state index contributed by atoms with van der Waals surface area (Å²) in [5.74, 6) is 0. The molecule has 0 aromatic rings. The van der Waals surface area contributed by atoms with Crippen LogP contribution in [0.5, 0.6) is 0 Å². The maximum absolute atomic E-state index is 5.25. The lowest BCUT2D eigenvalue weighted by molar-refractivity contribution is 1.25. The van der Waals surface area contributed by atoms with Crippen LogP contribution >= 0.6 is 0 Å². The van der Waals surface area contributed by atoms with Gasteiger partial charge in [0.25, 0.3) is 0 Å². The van der Waals surface area contributed by atoms with Crippen molar-refractivity contribution >= 4 is 0 Å². The van der Waals surface area contributed by atoms with Crippen LogP contribution in [0.1, 0.15) is 6.92 Å². The molecule has 0 fully saturated rings. The minimum absolute atomic E-state index is 0.433. The normalized spacial score (nSPS) is 11.3. The fourth-order valence-corrected chi connectivity index (χ4v) is 0.185. The Morgan fingerprint density at radius 3 is 2.00 bits per heavy atom. The molecule has 0 aliphatic heterocycles. The molecule has 40 valence electrons. The highest BCUT2D eigenvalue weighted by Gasteiger charge is 1.82. The molecule has 0 aromatic carbocycles. The molecule has 2 heteroatoms. The van der Waals surface area contributed by atoms with Crippen LogP contribution < -0.4 is 11.5 Å². The summed E-state index contributed by atoms with van der Waals surface area (Å²) in [6.45, 7) is 5.22. The molecule has 2 nitrogen and oxygen atoms in total. The van der Waals surface area contributed by atoms with Crippen LogP contribution in [-0.4, -0.2) is 0 Å². The van der Waals surface area contributed by atoms with E-state index in [1.165, 1.54) is 0 Å². The molecule has 0 atom stereocenters. The molecule has 0 radical (unpaired) electrons. The number of hydrogen-bond acceptors (Lipinski definition) is 2. The van der Waals surface area contributed by atoms with Gasteiger partial charge in [-0.15, -0.1) is 0 Å². The smallest absolute Gasteiger partial charge is 0.0498 e. The van der Waals surface area contributed by atoms with Gasteiger partial charge in [0.15, 0.2) is 0 Å².